The van der Waals surface area contributed by atoms with Crippen molar-refractivity contribution in [3.63, 3.8) is 0 Å². The summed E-state index contributed by atoms with van der Waals surface area (Å²) in [5.41, 5.74) is 0. The highest BCUT2D eigenvalue weighted by atomic mass is 16.7. The SMILES string of the molecule is CCCCC#CC(=O)CCC/C=C/C1O[C@@H](C(=O)N(C)C)[C@H](C(=O)N(C)C)O1. The van der Waals surface area contributed by atoms with Crippen LogP contribution >= 0.6 is 0 Å². The predicted octanol–water partition coefficient (Wildman–Crippen LogP) is 1.76. The van der Waals surface area contributed by atoms with Crippen molar-refractivity contribution in [2.45, 2.75) is 63.9 Å². The molecular formula is C21H32N2O5. The molecule has 1 aliphatic rings. The Labute approximate surface area is 168 Å². The topological polar surface area (TPSA) is 76.2 Å². The van der Waals surface area contributed by atoms with E-state index in [4.69, 9.17) is 9.47 Å². The van der Waals surface area contributed by atoms with E-state index in [1.807, 2.05) is 6.08 Å². The highest BCUT2D eigenvalue weighted by Crippen LogP contribution is 2.23. The number of allylic oxidation sites excluding steroid dienone is 1. The van der Waals surface area contributed by atoms with E-state index in [1.54, 1.807) is 34.3 Å². The minimum Gasteiger partial charge on any atom is -0.346 e. The van der Waals surface area contributed by atoms with Crippen molar-refractivity contribution in [2.75, 3.05) is 28.2 Å². The molecule has 1 heterocycles. The summed E-state index contributed by atoms with van der Waals surface area (Å²) in [6.45, 7) is 2.09. The van der Waals surface area contributed by atoms with Gasteiger partial charge in [0, 0.05) is 41.0 Å². The summed E-state index contributed by atoms with van der Waals surface area (Å²) in [6.07, 6.45) is 5.37. The number of nitrogens with zero attached hydrogens (tertiary/aromatic N) is 2. The quantitative estimate of drug-likeness (QED) is 0.259. The van der Waals surface area contributed by atoms with E-state index in [0.717, 1.165) is 19.3 Å². The van der Waals surface area contributed by atoms with Crippen LogP contribution in [0, 0.1) is 11.8 Å². The van der Waals surface area contributed by atoms with Gasteiger partial charge in [-0.05, 0) is 31.3 Å². The molecule has 0 bridgehead atoms. The van der Waals surface area contributed by atoms with Crippen LogP contribution in [0.1, 0.15) is 45.4 Å². The maximum Gasteiger partial charge on any atom is 0.254 e. The Balaban J connectivity index is 2.50. The molecule has 2 atom stereocenters. The molecule has 156 valence electrons. The van der Waals surface area contributed by atoms with Gasteiger partial charge >= 0.3 is 0 Å². The van der Waals surface area contributed by atoms with Crippen molar-refractivity contribution < 1.29 is 23.9 Å². The lowest BCUT2D eigenvalue weighted by Gasteiger charge is -2.21. The molecule has 0 radical (unpaired) electrons. The second kappa shape index (κ2) is 12.3. The van der Waals surface area contributed by atoms with Crippen LogP contribution < -0.4 is 0 Å². The molecule has 0 aromatic heterocycles. The first-order valence-electron chi connectivity index (χ1n) is 9.69. The lowest BCUT2D eigenvalue weighted by molar-refractivity contribution is -0.146. The first-order valence-corrected chi connectivity index (χ1v) is 9.69. The fraction of sp³-hybridized carbons (Fsp3) is 0.667. The molecule has 7 nitrogen and oxygen atoms in total. The number of likely N-dealkylation sites (N-methyl/N-ethyl adjacent to an activating group) is 2. The third-order valence-corrected chi connectivity index (χ3v) is 4.16. The summed E-state index contributed by atoms with van der Waals surface area (Å²) in [6, 6.07) is 0. The molecule has 0 unspecified atom stereocenters. The zero-order valence-electron chi connectivity index (χ0n) is 17.6. The number of hydrogen-bond acceptors (Lipinski definition) is 5. The van der Waals surface area contributed by atoms with Crippen LogP contribution in [0.15, 0.2) is 12.2 Å². The van der Waals surface area contributed by atoms with Gasteiger partial charge in [-0.2, -0.15) is 0 Å². The predicted molar refractivity (Wildman–Crippen MR) is 106 cm³/mol. The average Bonchev–Trinajstić information content (AvgIpc) is 3.07. The van der Waals surface area contributed by atoms with Gasteiger partial charge in [-0.1, -0.05) is 25.3 Å². The zero-order chi connectivity index (χ0) is 21.1. The van der Waals surface area contributed by atoms with Crippen molar-refractivity contribution in [1.82, 2.24) is 9.80 Å². The van der Waals surface area contributed by atoms with Crippen molar-refractivity contribution >= 4 is 17.6 Å². The van der Waals surface area contributed by atoms with Crippen LogP contribution in [0.5, 0.6) is 0 Å². The Kier molecular flexibility index (Phi) is 10.5. The van der Waals surface area contributed by atoms with Crippen molar-refractivity contribution in [1.29, 1.82) is 0 Å². The molecule has 1 fully saturated rings. The molecule has 0 aliphatic carbocycles. The molecule has 0 aromatic rings. The van der Waals surface area contributed by atoms with Crippen LogP contribution in [-0.4, -0.2) is 74.1 Å². The van der Waals surface area contributed by atoms with Crippen molar-refractivity contribution in [2.24, 2.45) is 0 Å². The van der Waals surface area contributed by atoms with Crippen molar-refractivity contribution in [3.05, 3.63) is 12.2 Å². The van der Waals surface area contributed by atoms with Crippen LogP contribution in [-0.2, 0) is 23.9 Å². The van der Waals surface area contributed by atoms with Crippen LogP contribution in [0.4, 0.5) is 0 Å². The second-order valence-corrected chi connectivity index (χ2v) is 7.10. The largest absolute Gasteiger partial charge is 0.346 e. The maximum atomic E-state index is 12.3. The summed E-state index contributed by atoms with van der Waals surface area (Å²) >= 11 is 0. The van der Waals surface area contributed by atoms with E-state index in [2.05, 4.69) is 18.8 Å². The molecule has 2 amide bonds. The zero-order valence-corrected chi connectivity index (χ0v) is 17.6. The van der Waals surface area contributed by atoms with Gasteiger partial charge in [0.15, 0.2) is 18.5 Å². The third kappa shape index (κ3) is 7.83. The summed E-state index contributed by atoms with van der Waals surface area (Å²) in [5, 5.41) is 0. The first kappa shape index (κ1) is 23.9. The smallest absolute Gasteiger partial charge is 0.254 e. The van der Waals surface area contributed by atoms with Gasteiger partial charge in [0.2, 0.25) is 5.78 Å². The minimum absolute atomic E-state index is 0.0499. The van der Waals surface area contributed by atoms with E-state index in [1.165, 1.54) is 9.80 Å². The number of rotatable bonds is 9. The van der Waals surface area contributed by atoms with Gasteiger partial charge in [0.05, 0.1) is 0 Å². The van der Waals surface area contributed by atoms with E-state index in [-0.39, 0.29) is 17.6 Å². The van der Waals surface area contributed by atoms with E-state index in [9.17, 15) is 14.4 Å². The molecule has 1 saturated heterocycles. The van der Waals surface area contributed by atoms with Gasteiger partial charge in [-0.25, -0.2) is 0 Å². The van der Waals surface area contributed by atoms with Gasteiger partial charge in [0.1, 0.15) is 0 Å². The van der Waals surface area contributed by atoms with Crippen LogP contribution in [0.25, 0.3) is 0 Å². The summed E-state index contributed by atoms with van der Waals surface area (Å²) in [5.74, 6) is 4.87. The summed E-state index contributed by atoms with van der Waals surface area (Å²) in [4.78, 5) is 39.0. The number of carbonyl (C=O) groups excluding carboxylic acids is 3. The number of ether oxygens (including phenoxy) is 2. The highest BCUT2D eigenvalue weighted by Gasteiger charge is 2.45. The average molecular weight is 392 g/mol. The lowest BCUT2D eigenvalue weighted by atomic mass is 10.1. The Bertz CT molecular complexity index is 602. The number of hydrogen-bond donors (Lipinski definition) is 0. The van der Waals surface area contributed by atoms with Crippen LogP contribution in [0.2, 0.25) is 0 Å². The van der Waals surface area contributed by atoms with Crippen LogP contribution in [0.3, 0.4) is 0 Å². The molecule has 1 rings (SSSR count). The summed E-state index contributed by atoms with van der Waals surface area (Å²) in [7, 11) is 6.42. The Morgan fingerprint density at radius 2 is 1.54 bits per heavy atom. The van der Waals surface area contributed by atoms with Gasteiger partial charge in [0.25, 0.3) is 11.8 Å². The lowest BCUT2D eigenvalue weighted by Crippen LogP contribution is -2.47. The molecule has 1 aliphatic heterocycles. The van der Waals surface area contributed by atoms with E-state index in [0.29, 0.717) is 19.3 Å². The molecule has 0 aromatic carbocycles. The number of ketones is 1. The Hall–Kier alpha value is -2.17. The van der Waals surface area contributed by atoms with Crippen molar-refractivity contribution in [3.8, 4) is 11.8 Å². The number of carbonyl (C=O) groups is 3. The Morgan fingerprint density at radius 3 is 2.04 bits per heavy atom. The van der Waals surface area contributed by atoms with Gasteiger partial charge < -0.3 is 19.3 Å². The number of unbranched alkanes of at least 4 members (excludes halogenated alkanes) is 3. The third-order valence-electron chi connectivity index (χ3n) is 4.16. The normalized spacial score (nSPS) is 19.3. The summed E-state index contributed by atoms with van der Waals surface area (Å²) < 4.78 is 11.3. The maximum absolute atomic E-state index is 12.3. The molecular weight excluding hydrogens is 360 g/mol. The minimum atomic E-state index is -0.973. The monoisotopic (exact) mass is 392 g/mol. The van der Waals surface area contributed by atoms with Gasteiger partial charge in [-0.15, -0.1) is 0 Å². The van der Waals surface area contributed by atoms with E-state index >= 15 is 0 Å². The molecule has 0 spiro atoms. The molecule has 28 heavy (non-hydrogen) atoms. The standard InChI is InChI=1S/C21H32N2O5/c1-6-7-8-10-13-16(24)14-11-9-12-15-17-27-18(20(25)22(2)3)19(28-17)21(26)23(4)5/h12,15,17-19H,6-9,11,14H2,1-5H3/b15-12+/t18-,19-/m1/s1. The van der Waals surface area contributed by atoms with E-state index < -0.39 is 18.5 Å². The molecule has 7 heteroatoms. The van der Waals surface area contributed by atoms with Gasteiger partial charge in [-0.3, -0.25) is 14.4 Å². The number of amides is 2. The fourth-order valence-corrected chi connectivity index (χ4v) is 2.52. The fourth-order valence-electron chi connectivity index (χ4n) is 2.52. The second-order valence-electron chi connectivity index (χ2n) is 7.10. The first-order chi connectivity index (χ1) is 13.3. The molecule has 0 N–H and O–H groups in total. The number of Topliss-reactive ketones (excluding diaryl/α,β-unsaturated/α-hetero) is 1. The Morgan fingerprint density at radius 1 is 0.964 bits per heavy atom. The highest BCUT2D eigenvalue weighted by molar-refractivity contribution is 5.95. The molecule has 0 saturated carbocycles.